The minimum Gasteiger partial charge on any atom is -0.481 e. The van der Waals surface area contributed by atoms with Gasteiger partial charge in [0.25, 0.3) is 0 Å². The molecule has 4 nitrogen and oxygen atoms in total. The second-order valence-electron chi connectivity index (χ2n) is 7.02. The Morgan fingerprint density at radius 2 is 1.52 bits per heavy atom. The number of esters is 1. The summed E-state index contributed by atoms with van der Waals surface area (Å²) in [5, 5.41) is 8.56. The van der Waals surface area contributed by atoms with Crippen LogP contribution in [0.15, 0.2) is 66.8 Å². The van der Waals surface area contributed by atoms with Crippen molar-refractivity contribution < 1.29 is 19.4 Å². The number of aliphatic carboxylic acids is 1. The Bertz CT molecular complexity index is 659. The van der Waals surface area contributed by atoms with E-state index >= 15 is 0 Å². The number of benzene rings is 1. The SMILES string of the molecule is CC(C=CCC=CCC=CCCCCCCCC(=O)O)OC(=O)c1ccccc1. The average molecular weight is 399 g/mol. The Morgan fingerprint density at radius 3 is 2.24 bits per heavy atom. The molecule has 0 radical (unpaired) electrons. The molecule has 0 heterocycles. The Morgan fingerprint density at radius 1 is 0.897 bits per heavy atom. The molecule has 0 aliphatic rings. The smallest absolute Gasteiger partial charge is 0.338 e. The first kappa shape index (κ1) is 24.4. The van der Waals surface area contributed by atoms with E-state index in [9.17, 15) is 9.59 Å². The van der Waals surface area contributed by atoms with Crippen molar-refractivity contribution in [1.82, 2.24) is 0 Å². The molecule has 0 amide bonds. The molecule has 1 N–H and O–H groups in total. The second-order valence-corrected chi connectivity index (χ2v) is 7.02. The van der Waals surface area contributed by atoms with Crippen LogP contribution < -0.4 is 0 Å². The van der Waals surface area contributed by atoms with E-state index in [1.165, 1.54) is 0 Å². The van der Waals surface area contributed by atoms with Crippen LogP contribution >= 0.6 is 0 Å². The highest BCUT2D eigenvalue weighted by Gasteiger charge is 2.08. The van der Waals surface area contributed by atoms with Crippen LogP contribution in [-0.2, 0) is 9.53 Å². The summed E-state index contributed by atoms with van der Waals surface area (Å²) in [6.45, 7) is 1.86. The number of hydrogen-bond acceptors (Lipinski definition) is 3. The molecule has 0 fully saturated rings. The van der Waals surface area contributed by atoms with Crippen molar-refractivity contribution >= 4 is 11.9 Å². The lowest BCUT2D eigenvalue weighted by Crippen LogP contribution is -2.12. The molecule has 0 aromatic heterocycles. The molecule has 29 heavy (non-hydrogen) atoms. The molecule has 0 bridgehead atoms. The number of allylic oxidation sites excluding steroid dienone is 5. The first-order chi connectivity index (χ1) is 14.1. The molecule has 1 aromatic rings. The second kappa shape index (κ2) is 16.3. The number of carbonyl (C=O) groups is 2. The highest BCUT2D eigenvalue weighted by Crippen LogP contribution is 2.08. The molecule has 0 saturated heterocycles. The van der Waals surface area contributed by atoms with E-state index in [1.54, 1.807) is 12.1 Å². The molecule has 0 saturated carbocycles. The molecule has 1 unspecified atom stereocenters. The van der Waals surface area contributed by atoms with Gasteiger partial charge in [0.1, 0.15) is 6.10 Å². The Hall–Kier alpha value is -2.62. The Balaban J connectivity index is 2.01. The lowest BCUT2D eigenvalue weighted by Gasteiger charge is -2.08. The molecule has 0 spiro atoms. The Labute approximate surface area is 175 Å². The predicted octanol–water partition coefficient (Wildman–Crippen LogP) is 6.50. The van der Waals surface area contributed by atoms with Gasteiger partial charge in [-0.25, -0.2) is 4.79 Å². The van der Waals surface area contributed by atoms with Gasteiger partial charge in [-0.15, -0.1) is 0 Å². The molecule has 1 aromatic carbocycles. The zero-order valence-corrected chi connectivity index (χ0v) is 17.5. The standard InChI is InChI=1S/C25H34O4/c1-22(29-25(28)23-19-15-13-16-20-23)18-14-11-9-7-5-3-2-4-6-8-10-12-17-21-24(26)27/h2-3,7,9,13-16,18-20,22H,4-6,8,10-12,17,21H2,1H3,(H,26,27). The largest absolute Gasteiger partial charge is 0.481 e. The van der Waals surface area contributed by atoms with Crippen molar-refractivity contribution in [3.05, 3.63) is 72.4 Å². The molecule has 158 valence electrons. The van der Waals surface area contributed by atoms with Gasteiger partial charge < -0.3 is 9.84 Å². The summed E-state index contributed by atoms with van der Waals surface area (Å²) in [4.78, 5) is 22.3. The van der Waals surface area contributed by atoms with Gasteiger partial charge in [0, 0.05) is 6.42 Å². The normalized spacial score (nSPS) is 12.7. The van der Waals surface area contributed by atoms with Crippen molar-refractivity contribution in [3.8, 4) is 0 Å². The van der Waals surface area contributed by atoms with E-state index in [-0.39, 0.29) is 12.1 Å². The van der Waals surface area contributed by atoms with Gasteiger partial charge in [-0.3, -0.25) is 4.79 Å². The number of unbranched alkanes of at least 4 members (excludes halogenated alkanes) is 5. The van der Waals surface area contributed by atoms with Crippen molar-refractivity contribution in [2.24, 2.45) is 0 Å². The fourth-order valence-corrected chi connectivity index (χ4v) is 2.75. The zero-order chi connectivity index (χ0) is 21.2. The molecular formula is C25H34O4. The maximum Gasteiger partial charge on any atom is 0.338 e. The fourth-order valence-electron chi connectivity index (χ4n) is 2.75. The lowest BCUT2D eigenvalue weighted by atomic mass is 10.1. The maximum atomic E-state index is 11.9. The minimum atomic E-state index is -0.697. The number of hydrogen-bond donors (Lipinski definition) is 1. The highest BCUT2D eigenvalue weighted by atomic mass is 16.5. The lowest BCUT2D eigenvalue weighted by molar-refractivity contribution is -0.137. The Kier molecular flexibility index (Phi) is 13.8. The molecule has 1 rings (SSSR count). The van der Waals surface area contributed by atoms with Crippen LogP contribution in [0.5, 0.6) is 0 Å². The number of carboxylic acid groups (broad SMARTS) is 1. The van der Waals surface area contributed by atoms with Gasteiger partial charge in [0.05, 0.1) is 5.56 Å². The van der Waals surface area contributed by atoms with Gasteiger partial charge in [-0.05, 0) is 57.2 Å². The number of rotatable bonds is 15. The summed E-state index contributed by atoms with van der Waals surface area (Å²) in [7, 11) is 0. The van der Waals surface area contributed by atoms with E-state index in [0.717, 1.165) is 51.4 Å². The van der Waals surface area contributed by atoms with Crippen LogP contribution in [0.2, 0.25) is 0 Å². The highest BCUT2D eigenvalue weighted by molar-refractivity contribution is 5.89. The third kappa shape index (κ3) is 14.1. The van der Waals surface area contributed by atoms with Gasteiger partial charge in [-0.1, -0.05) is 67.8 Å². The number of carbonyl (C=O) groups excluding carboxylic acids is 1. The van der Waals surface area contributed by atoms with Crippen LogP contribution in [-0.4, -0.2) is 23.1 Å². The first-order valence-electron chi connectivity index (χ1n) is 10.5. The first-order valence-corrected chi connectivity index (χ1v) is 10.5. The van der Waals surface area contributed by atoms with Crippen molar-refractivity contribution in [3.63, 3.8) is 0 Å². The van der Waals surface area contributed by atoms with Crippen molar-refractivity contribution in [1.29, 1.82) is 0 Å². The monoisotopic (exact) mass is 398 g/mol. The molecule has 0 aliphatic heterocycles. The van der Waals surface area contributed by atoms with Gasteiger partial charge in [0.2, 0.25) is 0 Å². The molecule has 0 aliphatic carbocycles. The van der Waals surface area contributed by atoms with Crippen LogP contribution in [0, 0.1) is 0 Å². The van der Waals surface area contributed by atoms with Crippen LogP contribution in [0.3, 0.4) is 0 Å². The fraction of sp³-hybridized carbons (Fsp3) is 0.440. The van der Waals surface area contributed by atoms with Gasteiger partial charge >= 0.3 is 11.9 Å². The van der Waals surface area contributed by atoms with E-state index in [2.05, 4.69) is 24.3 Å². The molecule has 4 heteroatoms. The third-order valence-corrected chi connectivity index (χ3v) is 4.35. The topological polar surface area (TPSA) is 63.6 Å². The van der Waals surface area contributed by atoms with E-state index in [1.807, 2.05) is 37.3 Å². The number of ether oxygens (including phenoxy) is 1. The van der Waals surface area contributed by atoms with Gasteiger partial charge in [-0.2, -0.15) is 0 Å². The third-order valence-electron chi connectivity index (χ3n) is 4.35. The summed E-state index contributed by atoms with van der Waals surface area (Å²) in [6.07, 6.45) is 20.6. The van der Waals surface area contributed by atoms with Crippen LogP contribution in [0.4, 0.5) is 0 Å². The summed E-state index contributed by atoms with van der Waals surface area (Å²) < 4.78 is 5.37. The van der Waals surface area contributed by atoms with E-state index in [0.29, 0.717) is 12.0 Å². The quantitative estimate of drug-likeness (QED) is 0.208. The summed E-state index contributed by atoms with van der Waals surface area (Å²) in [5.41, 5.74) is 0.567. The van der Waals surface area contributed by atoms with E-state index < -0.39 is 5.97 Å². The predicted molar refractivity (Wildman–Crippen MR) is 118 cm³/mol. The molecule has 1 atom stereocenters. The number of carboxylic acids is 1. The van der Waals surface area contributed by atoms with E-state index in [4.69, 9.17) is 9.84 Å². The van der Waals surface area contributed by atoms with Crippen molar-refractivity contribution in [2.45, 2.75) is 70.8 Å². The van der Waals surface area contributed by atoms with Crippen LogP contribution in [0.1, 0.15) is 75.1 Å². The summed E-state index contributed by atoms with van der Waals surface area (Å²) in [5.74, 6) is -0.999. The summed E-state index contributed by atoms with van der Waals surface area (Å²) in [6, 6.07) is 9.01. The molecular weight excluding hydrogens is 364 g/mol. The van der Waals surface area contributed by atoms with Crippen LogP contribution in [0.25, 0.3) is 0 Å². The maximum absolute atomic E-state index is 11.9. The minimum absolute atomic E-state index is 0.250. The van der Waals surface area contributed by atoms with Gasteiger partial charge in [0.15, 0.2) is 0 Å². The van der Waals surface area contributed by atoms with Crippen molar-refractivity contribution in [2.75, 3.05) is 0 Å². The summed E-state index contributed by atoms with van der Waals surface area (Å²) >= 11 is 0. The zero-order valence-electron chi connectivity index (χ0n) is 17.5. The average Bonchev–Trinajstić information content (AvgIpc) is 2.71.